The van der Waals surface area contributed by atoms with E-state index in [0.717, 1.165) is 24.5 Å². The maximum atomic E-state index is 15.8. The molecule has 4 heterocycles. The van der Waals surface area contributed by atoms with Crippen LogP contribution in [0.25, 0.3) is 33.4 Å². The maximum absolute atomic E-state index is 15.8. The molecule has 3 aromatic carbocycles. The van der Waals surface area contributed by atoms with Gasteiger partial charge in [-0.15, -0.1) is 0 Å². The number of carbonyl (C=O) groups is 1. The molecular formula is C40H37BrF2N4O7. The second kappa shape index (κ2) is 16.5. The Hall–Kier alpha value is -5.15. The van der Waals surface area contributed by atoms with Gasteiger partial charge in [-0.05, 0) is 72.9 Å². The number of nitrogen functional groups attached to an aromatic ring is 1. The molecule has 0 bridgehead atoms. The van der Waals surface area contributed by atoms with E-state index in [1.807, 2.05) is 6.07 Å². The number of anilines is 2. The molecule has 1 unspecified atom stereocenters. The van der Waals surface area contributed by atoms with Gasteiger partial charge in [0.15, 0.2) is 11.5 Å². The van der Waals surface area contributed by atoms with Gasteiger partial charge in [0.2, 0.25) is 5.43 Å². The molecule has 2 aliphatic heterocycles. The SMILES string of the molecule is COc1cc(-c2cnc(N)c(-c3ccc(NC(=O)c4cn(CC5CCOCC5)cc(-c5ccc(Br)cc5F)c4=O)cc3F)c2)ccc1OCC1COCO1. The van der Waals surface area contributed by atoms with Crippen LogP contribution in [0.1, 0.15) is 23.2 Å². The predicted molar refractivity (Wildman–Crippen MR) is 203 cm³/mol. The van der Waals surface area contributed by atoms with Gasteiger partial charge < -0.3 is 39.3 Å². The molecule has 2 saturated heterocycles. The molecule has 1 amide bonds. The van der Waals surface area contributed by atoms with Crippen LogP contribution < -0.4 is 26.0 Å². The number of hydrogen-bond acceptors (Lipinski definition) is 9. The highest BCUT2D eigenvalue weighted by Crippen LogP contribution is 2.36. The van der Waals surface area contributed by atoms with E-state index in [9.17, 15) is 9.59 Å². The van der Waals surface area contributed by atoms with Crippen LogP contribution in [0.4, 0.5) is 20.3 Å². The van der Waals surface area contributed by atoms with E-state index in [1.54, 1.807) is 41.2 Å². The van der Waals surface area contributed by atoms with E-state index in [4.69, 9.17) is 29.4 Å². The van der Waals surface area contributed by atoms with Crippen molar-refractivity contribution < 1.29 is 37.3 Å². The Bertz CT molecular complexity index is 2240. The summed E-state index contributed by atoms with van der Waals surface area (Å²) in [6.45, 7) is 2.72. The first-order chi connectivity index (χ1) is 26.2. The summed E-state index contributed by atoms with van der Waals surface area (Å²) < 4.78 is 60.8. The molecule has 0 spiro atoms. The number of benzene rings is 3. The van der Waals surface area contributed by atoms with E-state index in [2.05, 4.69) is 26.2 Å². The molecule has 0 saturated carbocycles. The standard InChI is InChI=1S/C40H37BrF2N4O7/c1-50-37-13-24(2-7-36(37)53-21-28-20-52-22-54-28)25-12-31(39(44)45-16-25)29-6-4-27(15-35(29)43)46-40(49)33-19-47(17-23-8-10-51-11-9-23)18-32(38(33)48)30-5-3-26(41)14-34(30)42/h2-7,12-16,18-19,23,28H,8-11,17,20-22H2,1H3,(H2,44,45)(H,46,49). The monoisotopic (exact) mass is 802 g/mol. The number of nitrogens with two attached hydrogens (primary N) is 1. The van der Waals surface area contributed by atoms with Crippen molar-refractivity contribution in [3.8, 4) is 44.9 Å². The summed E-state index contributed by atoms with van der Waals surface area (Å²) in [6.07, 6.45) is 6.06. The third kappa shape index (κ3) is 8.31. The zero-order chi connectivity index (χ0) is 37.8. The molecule has 1 atom stereocenters. The minimum absolute atomic E-state index is 0.0395. The summed E-state index contributed by atoms with van der Waals surface area (Å²) in [5.74, 6) is -0.703. The fraction of sp³-hybridized carbons (Fsp3) is 0.275. The highest BCUT2D eigenvalue weighted by molar-refractivity contribution is 9.10. The molecule has 54 heavy (non-hydrogen) atoms. The topological polar surface area (TPSA) is 136 Å². The average Bonchev–Trinajstić information content (AvgIpc) is 3.69. The second-order valence-electron chi connectivity index (χ2n) is 13.1. The number of hydrogen-bond donors (Lipinski definition) is 2. The van der Waals surface area contributed by atoms with Crippen molar-refractivity contribution in [1.29, 1.82) is 0 Å². The summed E-state index contributed by atoms with van der Waals surface area (Å²) in [5, 5.41) is 2.65. The van der Waals surface area contributed by atoms with Gasteiger partial charge in [0.25, 0.3) is 5.91 Å². The number of ether oxygens (including phenoxy) is 5. The summed E-state index contributed by atoms with van der Waals surface area (Å²) in [5.41, 5.74) is 7.44. The predicted octanol–water partition coefficient (Wildman–Crippen LogP) is 7.31. The van der Waals surface area contributed by atoms with Crippen molar-refractivity contribution in [3.63, 3.8) is 0 Å². The van der Waals surface area contributed by atoms with Crippen LogP contribution in [-0.2, 0) is 20.8 Å². The van der Waals surface area contributed by atoms with Gasteiger partial charge in [-0.3, -0.25) is 9.59 Å². The Kier molecular flexibility index (Phi) is 11.3. The number of amides is 1. The maximum Gasteiger partial charge on any atom is 0.261 e. The van der Waals surface area contributed by atoms with Crippen LogP contribution in [0.2, 0.25) is 0 Å². The van der Waals surface area contributed by atoms with Crippen molar-refractivity contribution in [2.45, 2.75) is 25.5 Å². The van der Waals surface area contributed by atoms with E-state index >= 15 is 8.78 Å². The lowest BCUT2D eigenvalue weighted by atomic mass is 9.99. The Labute approximate surface area is 318 Å². The largest absolute Gasteiger partial charge is 0.493 e. The summed E-state index contributed by atoms with van der Waals surface area (Å²) in [6, 6.07) is 15.6. The highest BCUT2D eigenvalue weighted by atomic mass is 79.9. The van der Waals surface area contributed by atoms with Gasteiger partial charge in [-0.1, -0.05) is 28.1 Å². The second-order valence-corrected chi connectivity index (χ2v) is 14.0. The average molecular weight is 804 g/mol. The first-order valence-corrected chi connectivity index (χ1v) is 18.1. The minimum atomic E-state index is -0.763. The van der Waals surface area contributed by atoms with Crippen LogP contribution in [0, 0.1) is 17.6 Å². The molecule has 2 aromatic heterocycles. The Morgan fingerprint density at radius 1 is 0.944 bits per heavy atom. The van der Waals surface area contributed by atoms with Crippen molar-refractivity contribution in [1.82, 2.24) is 9.55 Å². The molecule has 280 valence electrons. The van der Waals surface area contributed by atoms with E-state index < -0.39 is 23.0 Å². The van der Waals surface area contributed by atoms with Gasteiger partial charge in [-0.25, -0.2) is 13.8 Å². The lowest BCUT2D eigenvalue weighted by Gasteiger charge is -2.23. The molecule has 0 aliphatic carbocycles. The van der Waals surface area contributed by atoms with Crippen LogP contribution in [0.3, 0.4) is 0 Å². The first kappa shape index (κ1) is 37.2. The number of methoxy groups -OCH3 is 1. The highest BCUT2D eigenvalue weighted by Gasteiger charge is 2.22. The third-order valence-electron chi connectivity index (χ3n) is 9.40. The van der Waals surface area contributed by atoms with E-state index in [-0.39, 0.29) is 52.6 Å². The fourth-order valence-electron chi connectivity index (χ4n) is 6.50. The zero-order valence-corrected chi connectivity index (χ0v) is 30.9. The molecule has 14 heteroatoms. The van der Waals surface area contributed by atoms with Crippen LogP contribution in [0.5, 0.6) is 11.5 Å². The van der Waals surface area contributed by atoms with E-state index in [1.165, 1.54) is 37.6 Å². The molecule has 11 nitrogen and oxygen atoms in total. The summed E-state index contributed by atoms with van der Waals surface area (Å²) in [4.78, 5) is 31.7. The number of nitrogens with one attached hydrogen (secondary N) is 1. The smallest absolute Gasteiger partial charge is 0.261 e. The number of rotatable bonds is 11. The van der Waals surface area contributed by atoms with Gasteiger partial charge in [-0.2, -0.15) is 0 Å². The van der Waals surface area contributed by atoms with E-state index in [0.29, 0.717) is 60.1 Å². The van der Waals surface area contributed by atoms with Gasteiger partial charge >= 0.3 is 0 Å². The summed E-state index contributed by atoms with van der Waals surface area (Å²) in [7, 11) is 1.53. The van der Waals surface area contributed by atoms with Crippen molar-refractivity contribution in [2.75, 3.05) is 51.4 Å². The van der Waals surface area contributed by atoms with Gasteiger partial charge in [0, 0.05) is 76.3 Å². The zero-order valence-electron chi connectivity index (χ0n) is 29.3. The number of aromatic nitrogens is 2. The molecule has 2 aliphatic rings. The Morgan fingerprint density at radius 2 is 1.72 bits per heavy atom. The Morgan fingerprint density at radius 3 is 2.46 bits per heavy atom. The van der Waals surface area contributed by atoms with Crippen molar-refractivity contribution in [2.24, 2.45) is 5.92 Å². The fourth-order valence-corrected chi connectivity index (χ4v) is 6.83. The molecule has 5 aromatic rings. The minimum Gasteiger partial charge on any atom is -0.493 e. The molecule has 2 fully saturated rings. The molecule has 0 radical (unpaired) electrons. The van der Waals surface area contributed by atoms with Crippen molar-refractivity contribution in [3.05, 3.63) is 111 Å². The molecule has 7 rings (SSSR count). The number of halogens is 3. The Balaban J connectivity index is 1.14. The number of pyridine rings is 2. The number of nitrogens with zero attached hydrogens (tertiary/aromatic N) is 2. The van der Waals surface area contributed by atoms with Crippen molar-refractivity contribution >= 4 is 33.3 Å². The third-order valence-corrected chi connectivity index (χ3v) is 9.90. The van der Waals surface area contributed by atoms with Crippen LogP contribution in [-0.4, -0.2) is 61.9 Å². The molecular weight excluding hydrogens is 766 g/mol. The van der Waals surface area contributed by atoms with Crippen LogP contribution >= 0.6 is 15.9 Å². The van der Waals surface area contributed by atoms with Crippen LogP contribution in [0.15, 0.2) is 88.5 Å². The lowest BCUT2D eigenvalue weighted by molar-refractivity contribution is 0.0317. The molecule has 3 N–H and O–H groups in total. The lowest BCUT2D eigenvalue weighted by Crippen LogP contribution is -2.27. The normalized spacial score (nSPS) is 16.0. The summed E-state index contributed by atoms with van der Waals surface area (Å²) >= 11 is 3.25. The quantitative estimate of drug-likeness (QED) is 0.141. The van der Waals surface area contributed by atoms with Gasteiger partial charge in [0.05, 0.1) is 13.7 Å². The number of carbonyl (C=O) groups excluding carboxylic acids is 1. The first-order valence-electron chi connectivity index (χ1n) is 17.3. The van der Waals surface area contributed by atoms with Gasteiger partial charge in [0.1, 0.15) is 42.5 Å².